The van der Waals surface area contributed by atoms with Crippen molar-refractivity contribution in [1.29, 1.82) is 0 Å². The largest absolute Gasteiger partial charge is 0.478 e. The predicted molar refractivity (Wildman–Crippen MR) is 93.5 cm³/mol. The first kappa shape index (κ1) is 15.0. The minimum Gasteiger partial charge on any atom is -0.478 e. The average molecular weight is 305 g/mol. The molecule has 0 spiro atoms. The molecule has 0 saturated heterocycles. The highest BCUT2D eigenvalue weighted by molar-refractivity contribution is 5.77. The molecule has 3 rings (SSSR count). The van der Waals surface area contributed by atoms with Crippen LogP contribution in [0.15, 0.2) is 66.7 Å². The van der Waals surface area contributed by atoms with Crippen molar-refractivity contribution in [2.45, 2.75) is 13.8 Å². The quantitative estimate of drug-likeness (QED) is 0.519. The van der Waals surface area contributed by atoms with E-state index in [0.29, 0.717) is 12.5 Å². The van der Waals surface area contributed by atoms with Gasteiger partial charge in [0, 0.05) is 6.08 Å². The normalized spacial score (nSPS) is 12.6. The SMILES string of the molecule is CCOC(=CC=C(C)c1ccccc1)n1nnc2ccccc21. The molecule has 0 radical (unpaired) electrons. The van der Waals surface area contributed by atoms with Gasteiger partial charge < -0.3 is 4.74 Å². The van der Waals surface area contributed by atoms with E-state index < -0.39 is 0 Å². The molecule has 0 aliphatic rings. The fraction of sp³-hybridized carbons (Fsp3) is 0.158. The zero-order valence-corrected chi connectivity index (χ0v) is 13.3. The topological polar surface area (TPSA) is 39.9 Å². The van der Waals surface area contributed by atoms with Crippen LogP contribution >= 0.6 is 0 Å². The highest BCUT2D eigenvalue weighted by Crippen LogP contribution is 2.18. The van der Waals surface area contributed by atoms with Gasteiger partial charge in [-0.2, -0.15) is 4.68 Å². The molecule has 1 heterocycles. The Morgan fingerprint density at radius 1 is 1.04 bits per heavy atom. The van der Waals surface area contributed by atoms with Crippen molar-refractivity contribution in [2.75, 3.05) is 6.61 Å². The maximum atomic E-state index is 5.76. The summed E-state index contributed by atoms with van der Waals surface area (Å²) in [4.78, 5) is 0. The Labute approximate surface area is 135 Å². The lowest BCUT2D eigenvalue weighted by molar-refractivity contribution is 0.273. The fourth-order valence-corrected chi connectivity index (χ4v) is 2.35. The molecule has 0 atom stereocenters. The van der Waals surface area contributed by atoms with Crippen LogP contribution in [-0.2, 0) is 4.74 Å². The second-order valence-corrected chi connectivity index (χ2v) is 5.14. The van der Waals surface area contributed by atoms with Crippen LogP contribution in [0.25, 0.3) is 22.5 Å². The number of hydrogen-bond acceptors (Lipinski definition) is 3. The van der Waals surface area contributed by atoms with Gasteiger partial charge in [0.1, 0.15) is 5.52 Å². The Balaban J connectivity index is 1.98. The summed E-state index contributed by atoms with van der Waals surface area (Å²) in [7, 11) is 0. The Hall–Kier alpha value is -2.88. The van der Waals surface area contributed by atoms with Crippen molar-refractivity contribution in [1.82, 2.24) is 15.0 Å². The summed E-state index contributed by atoms with van der Waals surface area (Å²) in [6.07, 6.45) is 3.98. The average Bonchev–Trinajstić information content (AvgIpc) is 3.03. The van der Waals surface area contributed by atoms with Crippen LogP contribution in [0.4, 0.5) is 0 Å². The van der Waals surface area contributed by atoms with E-state index in [2.05, 4.69) is 29.4 Å². The van der Waals surface area contributed by atoms with Gasteiger partial charge in [-0.3, -0.25) is 0 Å². The number of benzene rings is 2. The maximum Gasteiger partial charge on any atom is 0.216 e. The lowest BCUT2D eigenvalue weighted by Gasteiger charge is -2.08. The van der Waals surface area contributed by atoms with Crippen molar-refractivity contribution in [3.05, 3.63) is 72.3 Å². The number of aromatic nitrogens is 3. The number of ether oxygens (including phenoxy) is 1. The molecular weight excluding hydrogens is 286 g/mol. The van der Waals surface area contributed by atoms with Crippen LogP contribution in [0.1, 0.15) is 19.4 Å². The van der Waals surface area contributed by atoms with E-state index in [9.17, 15) is 0 Å². The summed E-state index contributed by atoms with van der Waals surface area (Å²) < 4.78 is 7.49. The summed E-state index contributed by atoms with van der Waals surface area (Å²) in [6.45, 7) is 4.60. The molecule has 4 heteroatoms. The summed E-state index contributed by atoms with van der Waals surface area (Å²) in [6, 6.07) is 18.1. The van der Waals surface area contributed by atoms with Crippen LogP contribution in [0, 0.1) is 0 Å². The van der Waals surface area contributed by atoms with E-state index in [1.807, 2.05) is 61.5 Å². The third kappa shape index (κ3) is 3.31. The van der Waals surface area contributed by atoms with Gasteiger partial charge in [-0.25, -0.2) is 0 Å². The number of para-hydroxylation sites is 1. The Morgan fingerprint density at radius 2 is 1.78 bits per heavy atom. The van der Waals surface area contributed by atoms with E-state index in [-0.39, 0.29) is 0 Å². The zero-order valence-electron chi connectivity index (χ0n) is 13.3. The van der Waals surface area contributed by atoms with E-state index >= 15 is 0 Å². The summed E-state index contributed by atoms with van der Waals surface area (Å²) >= 11 is 0. The minimum absolute atomic E-state index is 0.568. The Bertz CT molecular complexity index is 847. The van der Waals surface area contributed by atoms with Crippen molar-refractivity contribution >= 4 is 22.5 Å². The summed E-state index contributed by atoms with van der Waals surface area (Å²) in [5.74, 6) is 0.663. The van der Waals surface area contributed by atoms with Crippen LogP contribution in [0.5, 0.6) is 0 Å². The Kier molecular flexibility index (Phi) is 4.52. The van der Waals surface area contributed by atoms with Gasteiger partial charge >= 0.3 is 0 Å². The third-order valence-corrected chi connectivity index (χ3v) is 3.56. The first-order chi connectivity index (χ1) is 11.3. The summed E-state index contributed by atoms with van der Waals surface area (Å²) in [5, 5.41) is 8.39. The molecule has 2 aromatic carbocycles. The molecule has 23 heavy (non-hydrogen) atoms. The molecule has 1 aromatic heterocycles. The first-order valence-electron chi connectivity index (χ1n) is 7.67. The molecule has 0 unspecified atom stereocenters. The first-order valence-corrected chi connectivity index (χ1v) is 7.67. The lowest BCUT2D eigenvalue weighted by Crippen LogP contribution is -2.03. The van der Waals surface area contributed by atoms with Gasteiger partial charge in [0.2, 0.25) is 5.88 Å². The molecule has 0 bridgehead atoms. The molecule has 0 amide bonds. The van der Waals surface area contributed by atoms with Gasteiger partial charge in [0.25, 0.3) is 0 Å². The maximum absolute atomic E-state index is 5.76. The molecule has 0 N–H and O–H groups in total. The van der Waals surface area contributed by atoms with Crippen LogP contribution in [0.3, 0.4) is 0 Å². The monoisotopic (exact) mass is 305 g/mol. The smallest absolute Gasteiger partial charge is 0.216 e. The molecule has 116 valence electrons. The molecule has 3 aromatic rings. The highest BCUT2D eigenvalue weighted by Gasteiger charge is 2.08. The van der Waals surface area contributed by atoms with Crippen molar-refractivity contribution in [2.24, 2.45) is 0 Å². The molecule has 4 nitrogen and oxygen atoms in total. The van der Waals surface area contributed by atoms with E-state index in [4.69, 9.17) is 4.74 Å². The molecule has 0 fully saturated rings. The molecule has 0 aliphatic heterocycles. The van der Waals surface area contributed by atoms with E-state index in [1.54, 1.807) is 4.68 Å². The minimum atomic E-state index is 0.568. The zero-order chi connectivity index (χ0) is 16.1. The fourth-order valence-electron chi connectivity index (χ4n) is 2.35. The van der Waals surface area contributed by atoms with Crippen LogP contribution in [-0.4, -0.2) is 21.6 Å². The predicted octanol–water partition coefficient (Wildman–Crippen LogP) is 4.37. The second kappa shape index (κ2) is 6.92. The van der Waals surface area contributed by atoms with Crippen LogP contribution in [0.2, 0.25) is 0 Å². The second-order valence-electron chi connectivity index (χ2n) is 5.14. The number of rotatable bonds is 5. The van der Waals surface area contributed by atoms with Crippen molar-refractivity contribution < 1.29 is 4.74 Å². The van der Waals surface area contributed by atoms with Gasteiger partial charge in [-0.1, -0.05) is 53.8 Å². The van der Waals surface area contributed by atoms with Crippen molar-refractivity contribution in [3.63, 3.8) is 0 Å². The molecular formula is C19H19N3O. The highest BCUT2D eigenvalue weighted by atomic mass is 16.5. The molecule has 0 saturated carbocycles. The van der Waals surface area contributed by atoms with Crippen LogP contribution < -0.4 is 0 Å². The van der Waals surface area contributed by atoms with E-state index in [0.717, 1.165) is 16.6 Å². The number of hydrogen-bond donors (Lipinski definition) is 0. The number of allylic oxidation sites excluding steroid dienone is 3. The van der Waals surface area contributed by atoms with Gasteiger partial charge in [0.15, 0.2) is 0 Å². The summed E-state index contributed by atoms with van der Waals surface area (Å²) in [5.41, 5.74) is 4.12. The number of fused-ring (bicyclic) bond motifs is 1. The van der Waals surface area contributed by atoms with Crippen molar-refractivity contribution in [3.8, 4) is 0 Å². The lowest BCUT2D eigenvalue weighted by atomic mass is 10.1. The molecule has 0 aliphatic carbocycles. The standard InChI is InChI=1S/C19H19N3O/c1-3-23-19(14-13-15(2)16-9-5-4-6-10-16)22-18-12-8-7-11-17(18)20-21-22/h4-14H,3H2,1-2H3. The third-order valence-electron chi connectivity index (χ3n) is 3.56. The Morgan fingerprint density at radius 3 is 2.57 bits per heavy atom. The van der Waals surface area contributed by atoms with Gasteiger partial charge in [-0.15, -0.1) is 5.10 Å². The van der Waals surface area contributed by atoms with Gasteiger partial charge in [-0.05, 0) is 37.1 Å². The van der Waals surface area contributed by atoms with E-state index in [1.165, 1.54) is 5.56 Å². The number of nitrogens with zero attached hydrogens (tertiary/aromatic N) is 3. The van der Waals surface area contributed by atoms with Gasteiger partial charge in [0.05, 0.1) is 12.1 Å².